The Morgan fingerprint density at radius 1 is 1.50 bits per heavy atom. The van der Waals surface area contributed by atoms with Gasteiger partial charge in [0, 0.05) is 0 Å². The quantitative estimate of drug-likeness (QED) is 0.536. The van der Waals surface area contributed by atoms with E-state index in [2.05, 4.69) is 40.0 Å². The Morgan fingerprint density at radius 2 is 2.08 bits per heavy atom. The summed E-state index contributed by atoms with van der Waals surface area (Å²) in [6, 6.07) is 0. The predicted molar refractivity (Wildman–Crippen MR) is 57.2 cm³/mol. The Kier molecular flexibility index (Phi) is 5.44. The van der Waals surface area contributed by atoms with Crippen LogP contribution in [0.3, 0.4) is 0 Å². The van der Waals surface area contributed by atoms with Gasteiger partial charge in [-0.05, 0) is 24.8 Å². The van der Waals surface area contributed by atoms with Crippen LogP contribution in [-0.4, -0.2) is 0 Å². The van der Waals surface area contributed by atoms with E-state index in [1.165, 1.54) is 12.0 Å². The van der Waals surface area contributed by atoms with Gasteiger partial charge >= 0.3 is 0 Å². The lowest BCUT2D eigenvalue weighted by Crippen LogP contribution is -1.95. The monoisotopic (exact) mass is 164 g/mol. The first-order valence-electron chi connectivity index (χ1n) is 4.59. The minimum absolute atomic E-state index is 0.743. The van der Waals surface area contributed by atoms with E-state index in [4.69, 9.17) is 0 Å². The highest BCUT2D eigenvalue weighted by atomic mass is 14.1. The van der Waals surface area contributed by atoms with Gasteiger partial charge in [0.25, 0.3) is 0 Å². The van der Waals surface area contributed by atoms with Crippen molar-refractivity contribution in [1.82, 2.24) is 0 Å². The molecule has 12 heavy (non-hydrogen) atoms. The molecule has 0 heteroatoms. The third kappa shape index (κ3) is 4.17. The number of hydrogen-bond acceptors (Lipinski definition) is 0. The molecular formula is C12H20. The highest BCUT2D eigenvalue weighted by Gasteiger charge is 2.03. The molecular weight excluding hydrogens is 144 g/mol. The van der Waals surface area contributed by atoms with Gasteiger partial charge in [0.1, 0.15) is 0 Å². The second kappa shape index (κ2) is 5.82. The molecule has 0 aliphatic rings. The Morgan fingerprint density at radius 3 is 2.42 bits per heavy atom. The number of allylic oxidation sites excluding steroid dienone is 4. The molecule has 0 aromatic rings. The van der Waals surface area contributed by atoms with E-state index < -0.39 is 0 Å². The van der Waals surface area contributed by atoms with E-state index in [-0.39, 0.29) is 0 Å². The molecule has 0 aromatic heterocycles. The molecule has 68 valence electrons. The van der Waals surface area contributed by atoms with Crippen molar-refractivity contribution in [3.8, 4) is 0 Å². The molecule has 1 unspecified atom stereocenters. The zero-order valence-electron chi connectivity index (χ0n) is 8.56. The van der Waals surface area contributed by atoms with Gasteiger partial charge in [0.05, 0.1) is 0 Å². The zero-order valence-corrected chi connectivity index (χ0v) is 8.56. The van der Waals surface area contributed by atoms with E-state index in [1.54, 1.807) is 0 Å². The second-order valence-corrected chi connectivity index (χ2v) is 3.43. The number of rotatable bonds is 5. The van der Waals surface area contributed by atoms with Crippen molar-refractivity contribution >= 4 is 0 Å². The Hall–Kier alpha value is -0.780. The van der Waals surface area contributed by atoms with Crippen molar-refractivity contribution in [3.63, 3.8) is 0 Å². The first-order valence-corrected chi connectivity index (χ1v) is 4.59. The summed E-state index contributed by atoms with van der Waals surface area (Å²) in [6.07, 6.45) is 6.25. The number of hydrogen-bond donors (Lipinski definition) is 0. The van der Waals surface area contributed by atoms with Crippen LogP contribution in [0.1, 0.15) is 33.6 Å². The van der Waals surface area contributed by atoms with Gasteiger partial charge in [0.2, 0.25) is 0 Å². The molecule has 0 aliphatic heterocycles. The lowest BCUT2D eigenvalue weighted by Gasteiger charge is -2.11. The fourth-order valence-corrected chi connectivity index (χ4v) is 1.05. The topological polar surface area (TPSA) is 0 Å². The summed E-state index contributed by atoms with van der Waals surface area (Å²) in [4.78, 5) is 0. The molecule has 0 nitrogen and oxygen atoms in total. The van der Waals surface area contributed by atoms with Gasteiger partial charge < -0.3 is 0 Å². The van der Waals surface area contributed by atoms with Crippen molar-refractivity contribution in [3.05, 3.63) is 36.5 Å². The van der Waals surface area contributed by atoms with Gasteiger partial charge in [-0.1, -0.05) is 51.2 Å². The molecule has 0 amide bonds. The lowest BCUT2D eigenvalue weighted by molar-refractivity contribution is 0.560. The van der Waals surface area contributed by atoms with Gasteiger partial charge in [0.15, 0.2) is 0 Å². The molecule has 0 saturated heterocycles. The highest BCUT2D eigenvalue weighted by Crippen LogP contribution is 2.19. The molecule has 0 bridgehead atoms. The zero-order chi connectivity index (χ0) is 9.56. The average molecular weight is 164 g/mol. The predicted octanol–water partition coefficient (Wildman–Crippen LogP) is 4.11. The molecule has 0 aromatic carbocycles. The van der Waals surface area contributed by atoms with Crippen molar-refractivity contribution in [2.24, 2.45) is 5.92 Å². The molecule has 0 rings (SSSR count). The highest BCUT2D eigenvalue weighted by molar-refractivity contribution is 5.29. The van der Waals surface area contributed by atoms with Crippen LogP contribution in [0.5, 0.6) is 0 Å². The summed E-state index contributed by atoms with van der Waals surface area (Å²) >= 11 is 0. The molecule has 0 spiro atoms. The van der Waals surface area contributed by atoms with Crippen LogP contribution in [0.2, 0.25) is 0 Å². The van der Waals surface area contributed by atoms with E-state index in [1.807, 2.05) is 6.08 Å². The smallest absolute Gasteiger partial charge is 0.0251 e. The Balaban J connectivity index is 4.24. The Labute approximate surface area is 76.7 Å². The van der Waals surface area contributed by atoms with Gasteiger partial charge in [-0.25, -0.2) is 0 Å². The van der Waals surface area contributed by atoms with Crippen LogP contribution >= 0.6 is 0 Å². The largest absolute Gasteiger partial charge is 0.0991 e. The SMILES string of the molecule is C=C/C=C(/CC(C)CC)C(=C)C. The molecule has 0 saturated carbocycles. The lowest BCUT2D eigenvalue weighted by atomic mass is 9.95. The van der Waals surface area contributed by atoms with Crippen LogP contribution in [-0.2, 0) is 0 Å². The summed E-state index contributed by atoms with van der Waals surface area (Å²) in [6.45, 7) is 14.2. The summed E-state index contributed by atoms with van der Waals surface area (Å²) in [5.74, 6) is 0.743. The van der Waals surface area contributed by atoms with Crippen LogP contribution < -0.4 is 0 Å². The summed E-state index contributed by atoms with van der Waals surface area (Å²) in [5.41, 5.74) is 2.49. The van der Waals surface area contributed by atoms with Gasteiger partial charge in [-0.3, -0.25) is 0 Å². The molecule has 0 aliphatic carbocycles. The van der Waals surface area contributed by atoms with Crippen LogP contribution in [0.25, 0.3) is 0 Å². The summed E-state index contributed by atoms with van der Waals surface area (Å²) in [7, 11) is 0. The minimum atomic E-state index is 0.743. The molecule has 0 heterocycles. The van der Waals surface area contributed by atoms with E-state index >= 15 is 0 Å². The van der Waals surface area contributed by atoms with Crippen LogP contribution in [0.4, 0.5) is 0 Å². The van der Waals surface area contributed by atoms with Crippen LogP contribution in [0, 0.1) is 5.92 Å². The Bertz CT molecular complexity index is 184. The van der Waals surface area contributed by atoms with Crippen molar-refractivity contribution < 1.29 is 0 Å². The summed E-state index contributed by atoms with van der Waals surface area (Å²) in [5, 5.41) is 0. The molecule has 1 atom stereocenters. The third-order valence-electron chi connectivity index (χ3n) is 2.13. The first kappa shape index (κ1) is 11.2. The maximum Gasteiger partial charge on any atom is -0.0251 e. The second-order valence-electron chi connectivity index (χ2n) is 3.43. The van der Waals surface area contributed by atoms with Crippen molar-refractivity contribution in [2.45, 2.75) is 33.6 Å². The fraction of sp³-hybridized carbons (Fsp3) is 0.500. The average Bonchev–Trinajstić information content (AvgIpc) is 2.03. The summed E-state index contributed by atoms with van der Waals surface area (Å²) < 4.78 is 0. The normalized spacial score (nSPS) is 14.1. The molecule has 0 N–H and O–H groups in total. The standard InChI is InChI=1S/C12H20/c1-6-8-12(10(3)4)9-11(5)7-2/h6,8,11H,1,3,7,9H2,2,4-5H3/b12-8-. The van der Waals surface area contributed by atoms with E-state index in [9.17, 15) is 0 Å². The van der Waals surface area contributed by atoms with E-state index in [0.717, 1.165) is 17.9 Å². The maximum atomic E-state index is 3.95. The maximum absolute atomic E-state index is 3.95. The first-order chi connectivity index (χ1) is 5.61. The van der Waals surface area contributed by atoms with Crippen LogP contribution in [0.15, 0.2) is 36.5 Å². The van der Waals surface area contributed by atoms with E-state index in [0.29, 0.717) is 0 Å². The molecule has 0 radical (unpaired) electrons. The van der Waals surface area contributed by atoms with Crippen molar-refractivity contribution in [2.75, 3.05) is 0 Å². The fourth-order valence-electron chi connectivity index (χ4n) is 1.05. The molecule has 0 fully saturated rings. The minimum Gasteiger partial charge on any atom is -0.0991 e. The van der Waals surface area contributed by atoms with Gasteiger partial charge in [-0.15, -0.1) is 0 Å². The third-order valence-corrected chi connectivity index (χ3v) is 2.13. The van der Waals surface area contributed by atoms with Gasteiger partial charge in [-0.2, -0.15) is 0 Å². The van der Waals surface area contributed by atoms with Crippen molar-refractivity contribution in [1.29, 1.82) is 0 Å².